The van der Waals surface area contributed by atoms with Gasteiger partial charge in [-0.25, -0.2) is 0 Å². The highest BCUT2D eigenvalue weighted by Gasteiger charge is 2.71. The van der Waals surface area contributed by atoms with Crippen LogP contribution < -0.4 is 0 Å². The molecule has 0 N–H and O–H groups in total. The van der Waals surface area contributed by atoms with E-state index in [0.717, 1.165) is 6.42 Å². The van der Waals surface area contributed by atoms with E-state index in [0.29, 0.717) is 23.0 Å². The van der Waals surface area contributed by atoms with Crippen LogP contribution >= 0.6 is 0 Å². The van der Waals surface area contributed by atoms with E-state index < -0.39 is 0 Å². The Hall–Kier alpha value is -0.590. The van der Waals surface area contributed by atoms with Crippen molar-refractivity contribution in [2.45, 2.75) is 47.0 Å². The maximum Gasteiger partial charge on any atom is 0.162 e. The van der Waals surface area contributed by atoms with E-state index >= 15 is 0 Å². The Balaban J connectivity index is 2.22. The summed E-state index contributed by atoms with van der Waals surface area (Å²) in [6.45, 7) is 9.30. The van der Waals surface area contributed by atoms with Crippen molar-refractivity contribution in [3.63, 3.8) is 0 Å². The Morgan fingerprint density at radius 3 is 2.62 bits per heavy atom. The molecule has 0 aromatic rings. The van der Waals surface area contributed by atoms with Crippen LogP contribution in [-0.4, -0.2) is 5.78 Å². The molecule has 2 fully saturated rings. The maximum absolute atomic E-state index is 12.3. The molecule has 0 aromatic heterocycles. The summed E-state index contributed by atoms with van der Waals surface area (Å²) in [5.74, 6) is 1.77. The third-order valence-electron chi connectivity index (χ3n) is 6.04. The molecular formula is C15H22O. The summed E-state index contributed by atoms with van der Waals surface area (Å²) in [5.41, 5.74) is 0.421. The lowest BCUT2D eigenvalue weighted by Gasteiger charge is -2.40. The highest BCUT2D eigenvalue weighted by Crippen LogP contribution is 2.74. The van der Waals surface area contributed by atoms with Crippen molar-refractivity contribution in [1.29, 1.82) is 0 Å². The largest absolute Gasteiger partial charge is 0.294 e. The molecule has 1 spiro atoms. The Bertz CT molecular complexity index is 392. The number of rotatable bonds is 0. The van der Waals surface area contributed by atoms with Crippen LogP contribution in [0.5, 0.6) is 0 Å². The van der Waals surface area contributed by atoms with E-state index in [4.69, 9.17) is 0 Å². The predicted octanol–water partition coefficient (Wildman–Crippen LogP) is 3.59. The highest BCUT2D eigenvalue weighted by atomic mass is 16.1. The lowest BCUT2D eigenvalue weighted by molar-refractivity contribution is -0.126. The summed E-state index contributed by atoms with van der Waals surface area (Å²) in [5, 5.41) is 0. The summed E-state index contributed by atoms with van der Waals surface area (Å²) < 4.78 is 0. The third kappa shape index (κ3) is 0.846. The number of hydrogen-bond donors (Lipinski definition) is 0. The number of hydrogen-bond acceptors (Lipinski definition) is 1. The summed E-state index contributed by atoms with van der Waals surface area (Å²) in [6.07, 6.45) is 7.83. The molecule has 88 valence electrons. The van der Waals surface area contributed by atoms with Crippen LogP contribution in [0.1, 0.15) is 47.0 Å². The summed E-state index contributed by atoms with van der Waals surface area (Å²) in [4.78, 5) is 12.3. The first-order valence-electron chi connectivity index (χ1n) is 6.58. The second-order valence-corrected chi connectivity index (χ2v) is 7.16. The molecule has 0 aromatic carbocycles. The van der Waals surface area contributed by atoms with Gasteiger partial charge in [-0.3, -0.25) is 4.79 Å². The first-order chi connectivity index (χ1) is 7.34. The van der Waals surface area contributed by atoms with Gasteiger partial charge >= 0.3 is 0 Å². The number of allylic oxidation sites excluding steroid dienone is 2. The molecule has 3 aliphatic carbocycles. The molecule has 0 heterocycles. The van der Waals surface area contributed by atoms with Crippen LogP contribution in [0.2, 0.25) is 0 Å². The highest BCUT2D eigenvalue weighted by molar-refractivity contribution is 5.99. The molecule has 4 atom stereocenters. The fraction of sp³-hybridized carbons (Fsp3) is 0.800. The maximum atomic E-state index is 12.3. The van der Waals surface area contributed by atoms with E-state index in [1.807, 2.05) is 6.08 Å². The Morgan fingerprint density at radius 1 is 1.25 bits per heavy atom. The van der Waals surface area contributed by atoms with Crippen molar-refractivity contribution in [2.75, 3.05) is 0 Å². The molecule has 16 heavy (non-hydrogen) atoms. The molecule has 0 bridgehead atoms. The standard InChI is InChI=1S/C15H22O/c1-10-5-6-11-13(2,3)9-14(4)12(16)7-8-15(10,11)14/h7-8,10-11H,5-6,9H2,1-4H3/t10-,11+,14-,15+/m0/s1. The van der Waals surface area contributed by atoms with Crippen molar-refractivity contribution >= 4 is 5.78 Å². The normalized spacial score (nSPS) is 53.1. The molecule has 1 nitrogen and oxygen atoms in total. The minimum absolute atomic E-state index is 0.100. The smallest absolute Gasteiger partial charge is 0.162 e. The molecule has 1 heteroatoms. The van der Waals surface area contributed by atoms with Gasteiger partial charge in [-0.1, -0.05) is 33.8 Å². The minimum Gasteiger partial charge on any atom is -0.294 e. The van der Waals surface area contributed by atoms with Crippen molar-refractivity contribution in [1.82, 2.24) is 0 Å². The fourth-order valence-corrected chi connectivity index (χ4v) is 5.55. The van der Waals surface area contributed by atoms with Gasteiger partial charge in [0.05, 0.1) is 0 Å². The Labute approximate surface area is 98.3 Å². The van der Waals surface area contributed by atoms with Crippen molar-refractivity contribution in [3.8, 4) is 0 Å². The van der Waals surface area contributed by atoms with Crippen molar-refractivity contribution in [3.05, 3.63) is 12.2 Å². The predicted molar refractivity (Wildman–Crippen MR) is 65.0 cm³/mol. The minimum atomic E-state index is -0.100. The average Bonchev–Trinajstić information content (AvgIpc) is 2.68. The van der Waals surface area contributed by atoms with Crippen LogP contribution in [0.3, 0.4) is 0 Å². The van der Waals surface area contributed by atoms with Crippen LogP contribution in [0.4, 0.5) is 0 Å². The first kappa shape index (κ1) is 10.6. The third-order valence-corrected chi connectivity index (χ3v) is 6.04. The number of carbonyl (C=O) groups excluding carboxylic acids is 1. The molecule has 0 unspecified atom stereocenters. The SMILES string of the molecule is C[C@H]1CC[C@@H]2C(C)(C)C[C@@]3(C)C(=O)C=C[C@]213. The van der Waals surface area contributed by atoms with Gasteiger partial charge in [0.25, 0.3) is 0 Å². The monoisotopic (exact) mass is 218 g/mol. The zero-order valence-corrected chi connectivity index (χ0v) is 10.8. The molecular weight excluding hydrogens is 196 g/mol. The number of ketones is 1. The van der Waals surface area contributed by atoms with E-state index in [1.54, 1.807) is 0 Å². The Kier molecular flexibility index (Phi) is 1.73. The van der Waals surface area contributed by atoms with Gasteiger partial charge in [-0.15, -0.1) is 0 Å². The van der Waals surface area contributed by atoms with E-state index in [-0.39, 0.29) is 10.8 Å². The molecule has 0 radical (unpaired) electrons. The van der Waals surface area contributed by atoms with Gasteiger partial charge in [-0.2, -0.15) is 0 Å². The second kappa shape index (κ2) is 2.63. The van der Waals surface area contributed by atoms with Gasteiger partial charge in [0.2, 0.25) is 0 Å². The second-order valence-electron chi connectivity index (χ2n) is 7.16. The quantitative estimate of drug-likeness (QED) is 0.607. The first-order valence-corrected chi connectivity index (χ1v) is 6.58. The summed E-state index contributed by atoms with van der Waals surface area (Å²) in [7, 11) is 0. The van der Waals surface area contributed by atoms with Gasteiger partial charge < -0.3 is 0 Å². The molecule has 3 rings (SSSR count). The molecule has 3 aliphatic rings. The molecule has 0 aliphatic heterocycles. The van der Waals surface area contributed by atoms with Crippen LogP contribution in [0.15, 0.2) is 12.2 Å². The van der Waals surface area contributed by atoms with Gasteiger partial charge in [-0.05, 0) is 42.6 Å². The van der Waals surface area contributed by atoms with Crippen LogP contribution in [0, 0.1) is 28.1 Å². The fourth-order valence-electron chi connectivity index (χ4n) is 5.55. The topological polar surface area (TPSA) is 17.1 Å². The number of carbonyl (C=O) groups is 1. The molecule has 0 amide bonds. The molecule has 0 saturated heterocycles. The summed E-state index contributed by atoms with van der Waals surface area (Å²) in [6, 6.07) is 0. The Morgan fingerprint density at radius 2 is 1.94 bits per heavy atom. The zero-order chi connectivity index (χ0) is 11.8. The van der Waals surface area contributed by atoms with Gasteiger partial charge in [0.1, 0.15) is 0 Å². The molecule has 2 saturated carbocycles. The van der Waals surface area contributed by atoms with Crippen molar-refractivity contribution in [2.24, 2.45) is 28.1 Å². The lowest BCUT2D eigenvalue weighted by Crippen LogP contribution is -2.40. The van der Waals surface area contributed by atoms with E-state index in [1.165, 1.54) is 12.8 Å². The van der Waals surface area contributed by atoms with Crippen molar-refractivity contribution < 1.29 is 4.79 Å². The van der Waals surface area contributed by atoms with Crippen LogP contribution in [0.25, 0.3) is 0 Å². The van der Waals surface area contributed by atoms with Crippen LogP contribution in [-0.2, 0) is 4.79 Å². The van der Waals surface area contributed by atoms with Gasteiger partial charge in [0, 0.05) is 10.8 Å². The average molecular weight is 218 g/mol. The van der Waals surface area contributed by atoms with E-state index in [2.05, 4.69) is 33.8 Å². The summed E-state index contributed by atoms with van der Waals surface area (Å²) >= 11 is 0. The lowest BCUT2D eigenvalue weighted by atomic mass is 9.62. The van der Waals surface area contributed by atoms with Gasteiger partial charge in [0.15, 0.2) is 5.78 Å². The zero-order valence-electron chi connectivity index (χ0n) is 10.8. The van der Waals surface area contributed by atoms with E-state index in [9.17, 15) is 4.79 Å².